The Hall–Kier alpha value is -6.63. The number of piperazine rings is 1. The van der Waals surface area contributed by atoms with Crippen molar-refractivity contribution in [2.24, 2.45) is 0 Å². The van der Waals surface area contributed by atoms with E-state index in [1.165, 1.54) is 39.1 Å². The summed E-state index contributed by atoms with van der Waals surface area (Å²) in [5, 5.41) is 18.3. The van der Waals surface area contributed by atoms with Crippen LogP contribution in [0.2, 0.25) is 0 Å². The summed E-state index contributed by atoms with van der Waals surface area (Å²) < 4.78 is 51.9. The number of ether oxygens (including phenoxy) is 1. The molecule has 70 heavy (non-hydrogen) atoms. The van der Waals surface area contributed by atoms with Crippen molar-refractivity contribution < 1.29 is 32.3 Å². The minimum atomic E-state index is -4.69. The van der Waals surface area contributed by atoms with Gasteiger partial charge in [-0.1, -0.05) is 36.4 Å². The summed E-state index contributed by atoms with van der Waals surface area (Å²) in [6.45, 7) is 6.89. The lowest BCUT2D eigenvalue weighted by Crippen LogP contribution is -2.52. The normalized spacial score (nSPS) is 20.1. The van der Waals surface area contributed by atoms with E-state index in [4.69, 9.17) is 15.6 Å². The number of aromatic nitrogens is 2. The Morgan fingerprint density at radius 3 is 2.30 bits per heavy atom. The number of hydrogen-bond donors (Lipinski definition) is 3. The van der Waals surface area contributed by atoms with E-state index >= 15 is 0 Å². The molecule has 0 unspecified atom stereocenters. The molecule has 5 aromatic rings. The summed E-state index contributed by atoms with van der Waals surface area (Å²) in [6, 6.07) is 22.5. The Balaban J connectivity index is 0.717. The van der Waals surface area contributed by atoms with Crippen molar-refractivity contribution >= 4 is 41.1 Å². The van der Waals surface area contributed by atoms with Crippen LogP contribution in [0.5, 0.6) is 0 Å². The minimum absolute atomic E-state index is 0.164. The number of rotatable bonds is 13. The first-order valence-electron chi connectivity index (χ1n) is 24.1. The van der Waals surface area contributed by atoms with Crippen molar-refractivity contribution in [2.75, 3.05) is 71.0 Å². The maximum absolute atomic E-state index is 14.7. The Morgan fingerprint density at radius 2 is 1.61 bits per heavy atom. The van der Waals surface area contributed by atoms with Gasteiger partial charge in [0.25, 0.3) is 5.91 Å². The van der Waals surface area contributed by atoms with Gasteiger partial charge in [0.15, 0.2) is 0 Å². The summed E-state index contributed by atoms with van der Waals surface area (Å²) in [7, 11) is 1.63. The second-order valence-electron chi connectivity index (χ2n) is 19.6. The number of benzene rings is 3. The molecule has 0 aliphatic carbocycles. The maximum Gasteiger partial charge on any atom is 0.418 e. The topological polar surface area (TPSA) is 163 Å². The lowest BCUT2D eigenvalue weighted by molar-refractivity contribution is -0.137. The largest absolute Gasteiger partial charge is 0.418 e. The molecule has 0 saturated carbocycles. The smallest absolute Gasteiger partial charge is 0.379 e. The van der Waals surface area contributed by atoms with Crippen LogP contribution in [0.3, 0.4) is 0 Å². The average Bonchev–Trinajstić information content (AvgIpc) is 3.86. The standard InChI is InChI=1S/C52H57F3N10O5/c1-59(33-56)46(57)26-51(31-70-32-51)39-3-2-4-41(25-39)63-30-45-43(52(53,54)55)23-35(28-65(45)50(63)69)27-61-21-19-60(20-22-61)16-13-34-5-7-36(8-6-34)37-14-17-62(18-15-37)40-9-10-42-38(24-40)29-64(49(42)68)44-11-12-47(66)58-48(44)67/h2-10,23-25,28,30,33,37,44,56-57H,11-22,26-27,29,31-32H2,1H3,(H,58,66,67)/t44-/m0/s1. The van der Waals surface area contributed by atoms with Gasteiger partial charge in [0.2, 0.25) is 11.8 Å². The molecule has 0 radical (unpaired) electrons. The molecule has 2 aromatic heterocycles. The highest BCUT2D eigenvalue weighted by Crippen LogP contribution is 2.39. The molecule has 3 N–H and O–H groups in total. The van der Waals surface area contributed by atoms with E-state index in [0.29, 0.717) is 68.4 Å². The molecule has 3 aromatic carbocycles. The molecule has 366 valence electrons. The molecular weight excluding hydrogens is 902 g/mol. The first kappa shape index (κ1) is 47.1. The van der Waals surface area contributed by atoms with Gasteiger partial charge < -0.3 is 24.3 Å². The quantitative estimate of drug-likeness (QED) is 0.0754. The number of amidine groups is 1. The molecular formula is C52H57F3N10O5. The van der Waals surface area contributed by atoms with Crippen LogP contribution in [-0.2, 0) is 45.4 Å². The summed E-state index contributed by atoms with van der Waals surface area (Å²) in [5.74, 6) is -0.199. The van der Waals surface area contributed by atoms with E-state index < -0.39 is 34.8 Å². The SMILES string of the molecule is CN(C=N)C(=N)CC1(c2cccc(-n3cc4c(C(F)(F)F)cc(CN5CCN(CCc6ccc(C7CCN(c8ccc9c(c8)CN([C@H]8CCC(=O)NC8=O)C9=O)CC7)cc6)CC5)cn4c3=O)c2)COC1. The van der Waals surface area contributed by atoms with E-state index in [1.54, 1.807) is 30.1 Å². The highest BCUT2D eigenvalue weighted by molar-refractivity contribution is 6.05. The fraction of sp³-hybridized carbons (Fsp3) is 0.423. The summed E-state index contributed by atoms with van der Waals surface area (Å²) in [5.41, 5.74) is 4.57. The lowest BCUT2D eigenvalue weighted by atomic mass is 9.75. The van der Waals surface area contributed by atoms with Crippen LogP contribution < -0.4 is 15.9 Å². The Bertz CT molecular complexity index is 2910. The molecule has 7 heterocycles. The molecule has 1 atom stereocenters. The molecule has 18 heteroatoms. The van der Waals surface area contributed by atoms with Crippen molar-refractivity contribution in [1.82, 2.24) is 33.9 Å². The van der Waals surface area contributed by atoms with Crippen LogP contribution in [0.15, 0.2) is 90.0 Å². The number of fused-ring (bicyclic) bond motifs is 2. The number of amides is 3. The van der Waals surface area contributed by atoms with Crippen LogP contribution in [0.1, 0.15) is 81.8 Å². The van der Waals surface area contributed by atoms with Gasteiger partial charge in [0.1, 0.15) is 11.9 Å². The first-order chi connectivity index (χ1) is 33.7. The predicted octanol–water partition coefficient (Wildman–Crippen LogP) is 5.79. The summed E-state index contributed by atoms with van der Waals surface area (Å²) in [4.78, 5) is 61.1. The fourth-order valence-corrected chi connectivity index (χ4v) is 10.9. The lowest BCUT2D eigenvalue weighted by Gasteiger charge is -2.42. The third-order valence-electron chi connectivity index (χ3n) is 15.2. The molecule has 0 bridgehead atoms. The molecule has 4 saturated heterocycles. The van der Waals surface area contributed by atoms with Gasteiger partial charge >= 0.3 is 11.9 Å². The number of imide groups is 1. The van der Waals surface area contributed by atoms with Crippen molar-refractivity contribution in [1.29, 1.82) is 10.8 Å². The van der Waals surface area contributed by atoms with E-state index in [2.05, 4.69) is 50.3 Å². The molecule has 15 nitrogen and oxygen atoms in total. The third-order valence-corrected chi connectivity index (χ3v) is 15.2. The maximum atomic E-state index is 14.7. The number of alkyl halides is 3. The molecule has 0 spiro atoms. The Kier molecular flexibility index (Phi) is 12.7. The van der Waals surface area contributed by atoms with Gasteiger partial charge in [-0.25, -0.2) is 4.79 Å². The van der Waals surface area contributed by atoms with Gasteiger partial charge in [-0.2, -0.15) is 13.2 Å². The van der Waals surface area contributed by atoms with E-state index in [-0.39, 0.29) is 36.1 Å². The van der Waals surface area contributed by atoms with Gasteiger partial charge in [-0.05, 0) is 95.8 Å². The number of nitrogens with one attached hydrogen (secondary N) is 3. The summed E-state index contributed by atoms with van der Waals surface area (Å²) >= 11 is 0. The minimum Gasteiger partial charge on any atom is -0.379 e. The first-order valence-corrected chi connectivity index (χ1v) is 24.1. The number of carbonyl (C=O) groups excluding carboxylic acids is 3. The van der Waals surface area contributed by atoms with Crippen LogP contribution in [0.25, 0.3) is 11.2 Å². The number of piperidine rings is 2. The van der Waals surface area contributed by atoms with Gasteiger partial charge in [0, 0.05) is 108 Å². The highest BCUT2D eigenvalue weighted by Gasteiger charge is 2.43. The number of anilines is 1. The second kappa shape index (κ2) is 18.9. The number of carbonyl (C=O) groups is 3. The number of nitrogens with zero attached hydrogens (tertiary/aromatic N) is 7. The number of hydrogen-bond acceptors (Lipinski definition) is 10. The molecule has 4 fully saturated rings. The average molecular weight is 959 g/mol. The van der Waals surface area contributed by atoms with Crippen LogP contribution in [0, 0.1) is 10.8 Å². The van der Waals surface area contributed by atoms with Gasteiger partial charge in [0.05, 0.1) is 36.3 Å². The number of halogens is 3. The Labute approximate surface area is 403 Å². The zero-order valence-corrected chi connectivity index (χ0v) is 39.1. The highest BCUT2D eigenvalue weighted by atomic mass is 19.4. The van der Waals surface area contributed by atoms with Crippen LogP contribution >= 0.6 is 0 Å². The zero-order valence-electron chi connectivity index (χ0n) is 39.1. The van der Waals surface area contributed by atoms with Crippen molar-refractivity contribution in [2.45, 2.75) is 75.2 Å². The Morgan fingerprint density at radius 1 is 0.871 bits per heavy atom. The molecule has 5 aliphatic rings. The zero-order chi connectivity index (χ0) is 48.9. The van der Waals surface area contributed by atoms with Crippen molar-refractivity contribution in [3.05, 3.63) is 135 Å². The number of imidazole rings is 1. The van der Waals surface area contributed by atoms with Gasteiger partial charge in [-0.3, -0.25) is 44.4 Å². The fourth-order valence-electron chi connectivity index (χ4n) is 10.9. The monoisotopic (exact) mass is 958 g/mol. The molecule has 10 rings (SSSR count). The van der Waals surface area contributed by atoms with E-state index in [1.807, 2.05) is 18.2 Å². The molecule has 5 aliphatic heterocycles. The molecule has 3 amide bonds. The van der Waals surface area contributed by atoms with Gasteiger partial charge in [-0.15, -0.1) is 0 Å². The van der Waals surface area contributed by atoms with E-state index in [0.717, 1.165) is 79.5 Å². The van der Waals surface area contributed by atoms with Crippen molar-refractivity contribution in [3.63, 3.8) is 0 Å². The van der Waals surface area contributed by atoms with E-state index in [9.17, 15) is 32.3 Å². The number of pyridine rings is 1. The summed E-state index contributed by atoms with van der Waals surface area (Å²) in [6.07, 6.45) is 2.92. The van der Waals surface area contributed by atoms with Crippen LogP contribution in [-0.4, -0.2) is 131 Å². The second-order valence-corrected chi connectivity index (χ2v) is 19.6. The van der Waals surface area contributed by atoms with Crippen molar-refractivity contribution in [3.8, 4) is 5.69 Å². The van der Waals surface area contributed by atoms with Crippen LogP contribution in [0.4, 0.5) is 18.9 Å². The third kappa shape index (κ3) is 9.27. The predicted molar refractivity (Wildman–Crippen MR) is 258 cm³/mol.